The van der Waals surface area contributed by atoms with Crippen LogP contribution in [0.3, 0.4) is 0 Å². The summed E-state index contributed by atoms with van der Waals surface area (Å²) in [6.07, 6.45) is 0.500. The first kappa shape index (κ1) is 22.2. The monoisotopic (exact) mass is 509 g/mol. The Morgan fingerprint density at radius 3 is 2.76 bits per heavy atom. The average molecular weight is 510 g/mol. The van der Waals surface area contributed by atoms with Crippen LogP contribution in [0.5, 0.6) is 5.75 Å². The fraction of sp³-hybridized carbons (Fsp3) is 0.500. The molecule has 1 heterocycles. The molecule has 2 N–H and O–H groups in total. The average Bonchev–Trinajstić information content (AvgIpc) is 2.84. The fourth-order valence-electron chi connectivity index (χ4n) is 2.37. The molecule has 0 aromatic heterocycles. The molecule has 1 aliphatic rings. The van der Waals surface area contributed by atoms with E-state index in [-0.39, 0.29) is 53.8 Å². The van der Waals surface area contributed by atoms with Crippen molar-refractivity contribution in [3.05, 3.63) is 28.8 Å². The van der Waals surface area contributed by atoms with Gasteiger partial charge in [0.1, 0.15) is 5.75 Å². The number of aliphatic imine (C=N–C) groups is 1. The molecule has 11 heteroatoms. The third-order valence-corrected chi connectivity index (χ3v) is 5.48. The van der Waals surface area contributed by atoms with E-state index in [0.717, 1.165) is 0 Å². The molecule has 6 nitrogen and oxygen atoms in total. The minimum absolute atomic E-state index is 0. The van der Waals surface area contributed by atoms with Gasteiger partial charge in [0.25, 0.3) is 0 Å². The third kappa shape index (κ3) is 7.10. The predicted molar refractivity (Wildman–Crippen MR) is 104 cm³/mol. The molecule has 1 aliphatic heterocycles. The summed E-state index contributed by atoms with van der Waals surface area (Å²) in [5.41, 5.74) is 0.435. The molecule has 0 aliphatic carbocycles. The Kier molecular flexibility index (Phi) is 8.61. The minimum Gasteiger partial charge on any atom is -0.434 e. The van der Waals surface area contributed by atoms with Crippen LogP contribution in [0.15, 0.2) is 23.2 Å². The highest BCUT2D eigenvalue weighted by Crippen LogP contribution is 2.24. The lowest BCUT2D eigenvalue weighted by Crippen LogP contribution is -2.43. The molecule has 0 saturated carbocycles. The van der Waals surface area contributed by atoms with Gasteiger partial charge in [-0.3, -0.25) is 4.99 Å². The summed E-state index contributed by atoms with van der Waals surface area (Å²) in [6.45, 7) is -2.80. The number of hydrogen-bond acceptors (Lipinski definition) is 4. The van der Waals surface area contributed by atoms with E-state index in [1.807, 2.05) is 0 Å². The zero-order valence-corrected chi connectivity index (χ0v) is 17.2. The van der Waals surface area contributed by atoms with Gasteiger partial charge in [0.2, 0.25) is 0 Å². The number of benzene rings is 1. The Balaban J connectivity index is 0.00000312. The lowest BCUT2D eigenvalue weighted by atomic mass is 10.2. The SMILES string of the molecule is CN=C(NCc1cc(Cl)ccc1OC(F)F)NC1CCS(=O)(=O)C1.I. The number of hydrogen-bond donors (Lipinski definition) is 2. The van der Waals surface area contributed by atoms with Crippen LogP contribution in [-0.2, 0) is 16.4 Å². The Morgan fingerprint density at radius 2 is 2.20 bits per heavy atom. The predicted octanol–water partition coefficient (Wildman–Crippen LogP) is 2.41. The van der Waals surface area contributed by atoms with Crippen molar-refractivity contribution in [1.29, 1.82) is 0 Å². The first-order valence-electron chi connectivity index (χ1n) is 7.20. The summed E-state index contributed by atoms with van der Waals surface area (Å²) in [6, 6.07) is 4.11. The summed E-state index contributed by atoms with van der Waals surface area (Å²) in [5, 5.41) is 6.33. The Hall–Kier alpha value is -0.880. The van der Waals surface area contributed by atoms with Crippen LogP contribution in [0, 0.1) is 0 Å². The molecule has 25 heavy (non-hydrogen) atoms. The molecule has 142 valence electrons. The highest BCUT2D eigenvalue weighted by atomic mass is 127. The number of ether oxygens (including phenoxy) is 1. The van der Waals surface area contributed by atoms with Gasteiger partial charge in [0.15, 0.2) is 15.8 Å². The smallest absolute Gasteiger partial charge is 0.387 e. The standard InChI is InChI=1S/C14H18ClF2N3O3S.HI/c1-18-14(20-11-4-5-24(21,22)8-11)19-7-9-6-10(15)2-3-12(9)23-13(16)17;/h2-3,6,11,13H,4-5,7-8H2,1H3,(H2,18,19,20);1H. The normalized spacial score (nSPS) is 19.4. The summed E-state index contributed by atoms with van der Waals surface area (Å²) in [7, 11) is -1.47. The van der Waals surface area contributed by atoms with Gasteiger partial charge in [0, 0.05) is 30.2 Å². The number of nitrogens with zero attached hydrogens (tertiary/aromatic N) is 1. The topological polar surface area (TPSA) is 79.8 Å². The zero-order valence-electron chi connectivity index (χ0n) is 13.3. The minimum atomic E-state index is -3.01. The van der Waals surface area contributed by atoms with E-state index in [2.05, 4.69) is 20.4 Å². The number of rotatable bonds is 5. The quantitative estimate of drug-likeness (QED) is 0.362. The summed E-state index contributed by atoms with van der Waals surface area (Å²) >= 11 is 5.89. The van der Waals surface area contributed by atoms with Crippen molar-refractivity contribution < 1.29 is 21.9 Å². The molecule has 1 fully saturated rings. The van der Waals surface area contributed by atoms with Crippen LogP contribution >= 0.6 is 35.6 Å². The fourth-order valence-corrected chi connectivity index (χ4v) is 4.24. The van der Waals surface area contributed by atoms with E-state index in [1.165, 1.54) is 25.2 Å². The first-order valence-corrected chi connectivity index (χ1v) is 9.40. The highest BCUT2D eigenvalue weighted by Gasteiger charge is 2.28. The van der Waals surface area contributed by atoms with Crippen LogP contribution in [0.1, 0.15) is 12.0 Å². The van der Waals surface area contributed by atoms with Crippen LogP contribution in [0.4, 0.5) is 8.78 Å². The lowest BCUT2D eigenvalue weighted by molar-refractivity contribution is -0.0504. The van der Waals surface area contributed by atoms with Gasteiger partial charge in [-0.15, -0.1) is 24.0 Å². The van der Waals surface area contributed by atoms with Gasteiger partial charge < -0.3 is 15.4 Å². The maximum atomic E-state index is 12.4. The van der Waals surface area contributed by atoms with Crippen molar-refractivity contribution in [1.82, 2.24) is 10.6 Å². The van der Waals surface area contributed by atoms with Gasteiger partial charge in [-0.2, -0.15) is 8.78 Å². The van der Waals surface area contributed by atoms with Crippen LogP contribution < -0.4 is 15.4 Å². The van der Waals surface area contributed by atoms with E-state index in [4.69, 9.17) is 11.6 Å². The van der Waals surface area contributed by atoms with E-state index in [0.29, 0.717) is 23.0 Å². The molecule has 0 spiro atoms. The van der Waals surface area contributed by atoms with Gasteiger partial charge in [-0.1, -0.05) is 11.6 Å². The summed E-state index contributed by atoms with van der Waals surface area (Å²) < 4.78 is 52.3. The van der Waals surface area contributed by atoms with Crippen molar-refractivity contribution in [2.45, 2.75) is 25.6 Å². The van der Waals surface area contributed by atoms with E-state index in [9.17, 15) is 17.2 Å². The number of halogens is 4. The Bertz CT molecular complexity index is 719. The molecule has 0 radical (unpaired) electrons. The molecule has 2 rings (SSSR count). The second kappa shape index (κ2) is 9.72. The zero-order chi connectivity index (χ0) is 17.7. The molecule has 1 atom stereocenters. The lowest BCUT2D eigenvalue weighted by Gasteiger charge is -2.17. The Labute approximate surface area is 167 Å². The maximum Gasteiger partial charge on any atom is 0.387 e. The van der Waals surface area contributed by atoms with Crippen molar-refractivity contribution >= 4 is 51.4 Å². The van der Waals surface area contributed by atoms with Crippen molar-refractivity contribution in [3.63, 3.8) is 0 Å². The molecule has 1 unspecified atom stereocenters. The largest absolute Gasteiger partial charge is 0.434 e. The number of sulfone groups is 1. The van der Waals surface area contributed by atoms with Gasteiger partial charge >= 0.3 is 6.61 Å². The van der Waals surface area contributed by atoms with Crippen molar-refractivity contribution in [3.8, 4) is 5.75 Å². The van der Waals surface area contributed by atoms with Crippen molar-refractivity contribution in [2.75, 3.05) is 18.6 Å². The van der Waals surface area contributed by atoms with Crippen LogP contribution in [0.2, 0.25) is 5.02 Å². The highest BCUT2D eigenvalue weighted by molar-refractivity contribution is 14.0. The van der Waals surface area contributed by atoms with Crippen LogP contribution in [0.25, 0.3) is 0 Å². The second-order valence-corrected chi connectivity index (χ2v) is 7.97. The van der Waals surface area contributed by atoms with E-state index >= 15 is 0 Å². The van der Waals surface area contributed by atoms with Crippen molar-refractivity contribution in [2.24, 2.45) is 4.99 Å². The number of nitrogens with one attached hydrogen (secondary N) is 2. The maximum absolute atomic E-state index is 12.4. The molecular formula is C14H19ClF2IN3O3S. The summed E-state index contributed by atoms with van der Waals surface area (Å²) in [4.78, 5) is 4.01. The molecule has 1 aromatic rings. The second-order valence-electron chi connectivity index (χ2n) is 5.30. The number of guanidine groups is 1. The van der Waals surface area contributed by atoms with E-state index < -0.39 is 16.4 Å². The van der Waals surface area contributed by atoms with Gasteiger partial charge in [0.05, 0.1) is 11.5 Å². The molecule has 0 bridgehead atoms. The van der Waals surface area contributed by atoms with Crippen LogP contribution in [-0.4, -0.2) is 45.6 Å². The Morgan fingerprint density at radius 1 is 1.48 bits per heavy atom. The summed E-state index contributed by atoms with van der Waals surface area (Å²) in [5.74, 6) is 0.577. The van der Waals surface area contributed by atoms with Gasteiger partial charge in [-0.25, -0.2) is 8.42 Å². The third-order valence-electron chi connectivity index (χ3n) is 3.48. The molecule has 1 saturated heterocycles. The molecular weight excluding hydrogens is 491 g/mol. The molecule has 0 amide bonds. The molecule has 1 aromatic carbocycles. The first-order chi connectivity index (χ1) is 11.3. The van der Waals surface area contributed by atoms with Gasteiger partial charge in [-0.05, 0) is 24.6 Å². The number of alkyl halides is 2. The van der Waals surface area contributed by atoms with E-state index in [1.54, 1.807) is 0 Å².